The lowest BCUT2D eigenvalue weighted by molar-refractivity contribution is -0.388. The molecular weight excluding hydrogens is 346 g/mol. The number of benzene rings is 2. The minimum Gasteiger partial charge on any atom is -0.367 e. The number of nitro benzene ring substituents is 1. The fourth-order valence-corrected chi connectivity index (χ4v) is 4.01. The van der Waals surface area contributed by atoms with Gasteiger partial charge in [0.2, 0.25) is 0 Å². The molecule has 1 aliphatic rings. The van der Waals surface area contributed by atoms with Gasteiger partial charge >= 0.3 is 0 Å². The van der Waals surface area contributed by atoms with Crippen LogP contribution in [0.4, 0.5) is 20.2 Å². The molecule has 0 aromatic heterocycles. The maximum atomic E-state index is 13.4. The average molecular weight is 364 g/mol. The molecule has 0 N–H and O–H groups in total. The van der Waals surface area contributed by atoms with Gasteiger partial charge in [0.15, 0.2) is 0 Å². The first-order valence-corrected chi connectivity index (χ1v) is 9.04. The molecule has 0 unspecified atom stereocenters. The van der Waals surface area contributed by atoms with Crippen molar-refractivity contribution in [3.05, 3.63) is 63.0 Å². The van der Waals surface area contributed by atoms with Crippen LogP contribution in [-0.4, -0.2) is 17.2 Å². The van der Waals surface area contributed by atoms with E-state index in [-0.39, 0.29) is 17.1 Å². The zero-order valence-corrected chi connectivity index (χ0v) is 14.6. The summed E-state index contributed by atoms with van der Waals surface area (Å²) in [6.45, 7) is 2.27. The lowest BCUT2D eigenvalue weighted by atomic mass is 9.99. The van der Waals surface area contributed by atoms with E-state index in [0.29, 0.717) is 30.2 Å². The van der Waals surface area contributed by atoms with E-state index < -0.39 is 11.6 Å². The van der Waals surface area contributed by atoms with E-state index in [1.165, 1.54) is 17.8 Å². The second-order valence-corrected chi connectivity index (χ2v) is 7.17. The Labute approximate surface area is 149 Å². The zero-order valence-electron chi connectivity index (χ0n) is 13.8. The van der Waals surface area contributed by atoms with Crippen molar-refractivity contribution in [2.24, 2.45) is 0 Å². The van der Waals surface area contributed by atoms with Crippen molar-refractivity contribution >= 4 is 23.1 Å². The molecule has 0 radical (unpaired) electrons. The first-order valence-electron chi connectivity index (χ1n) is 8.05. The van der Waals surface area contributed by atoms with E-state index in [9.17, 15) is 18.9 Å². The Morgan fingerprint density at radius 3 is 2.76 bits per heavy atom. The molecule has 0 bridgehead atoms. The summed E-state index contributed by atoms with van der Waals surface area (Å²) in [6.07, 6.45) is 0.686. The Bertz CT molecular complexity index is 814. The SMILES string of the molecule is CCSc1cc(N2CCc3cc(F)ccc3C2)cc(CF)c1[N+](=O)[O-]. The van der Waals surface area contributed by atoms with Crippen molar-refractivity contribution < 1.29 is 13.7 Å². The van der Waals surface area contributed by atoms with E-state index in [0.717, 1.165) is 16.8 Å². The summed E-state index contributed by atoms with van der Waals surface area (Å²) in [4.78, 5) is 13.4. The second-order valence-electron chi connectivity index (χ2n) is 5.86. The fraction of sp³-hybridized carbons (Fsp3) is 0.333. The van der Waals surface area contributed by atoms with Crippen molar-refractivity contribution in [2.45, 2.75) is 31.5 Å². The molecule has 3 rings (SSSR count). The van der Waals surface area contributed by atoms with Crippen LogP contribution in [0.25, 0.3) is 0 Å². The van der Waals surface area contributed by atoms with E-state index in [2.05, 4.69) is 4.90 Å². The van der Waals surface area contributed by atoms with Crippen molar-refractivity contribution in [3.8, 4) is 0 Å². The number of thioether (sulfide) groups is 1. The van der Waals surface area contributed by atoms with Crippen LogP contribution in [0.2, 0.25) is 0 Å². The molecule has 0 atom stereocenters. The highest BCUT2D eigenvalue weighted by Gasteiger charge is 2.24. The van der Waals surface area contributed by atoms with Gasteiger partial charge in [-0.25, -0.2) is 8.78 Å². The molecule has 2 aromatic rings. The summed E-state index contributed by atoms with van der Waals surface area (Å²) < 4.78 is 26.8. The lowest BCUT2D eigenvalue weighted by Gasteiger charge is -2.31. The summed E-state index contributed by atoms with van der Waals surface area (Å²) in [5.41, 5.74) is 2.73. The number of halogens is 2. The second kappa shape index (κ2) is 7.39. The number of hydrogen-bond donors (Lipinski definition) is 0. The van der Waals surface area contributed by atoms with Crippen molar-refractivity contribution in [2.75, 3.05) is 17.2 Å². The van der Waals surface area contributed by atoms with E-state index in [1.807, 2.05) is 6.92 Å². The molecule has 4 nitrogen and oxygen atoms in total. The van der Waals surface area contributed by atoms with Crippen LogP contribution < -0.4 is 4.90 Å². The summed E-state index contributed by atoms with van der Waals surface area (Å²) in [7, 11) is 0. The zero-order chi connectivity index (χ0) is 18.0. The number of fused-ring (bicyclic) bond motifs is 1. The Kier molecular flexibility index (Phi) is 5.22. The van der Waals surface area contributed by atoms with Crippen LogP contribution >= 0.6 is 11.8 Å². The van der Waals surface area contributed by atoms with Gasteiger partial charge in [0.05, 0.1) is 15.4 Å². The van der Waals surface area contributed by atoms with Crippen LogP contribution in [0.3, 0.4) is 0 Å². The van der Waals surface area contributed by atoms with Gasteiger partial charge in [-0.05, 0) is 47.6 Å². The smallest absolute Gasteiger partial charge is 0.288 e. The number of hydrogen-bond acceptors (Lipinski definition) is 4. The molecule has 0 amide bonds. The maximum Gasteiger partial charge on any atom is 0.288 e. The first-order chi connectivity index (χ1) is 12.0. The molecule has 0 saturated carbocycles. The third-order valence-corrected chi connectivity index (χ3v) is 5.22. The number of rotatable bonds is 5. The van der Waals surface area contributed by atoms with Crippen molar-refractivity contribution in [1.29, 1.82) is 0 Å². The van der Waals surface area contributed by atoms with E-state index in [4.69, 9.17) is 0 Å². The van der Waals surface area contributed by atoms with Gasteiger partial charge in [0.25, 0.3) is 5.69 Å². The fourth-order valence-electron chi connectivity index (χ4n) is 3.15. The highest BCUT2D eigenvalue weighted by molar-refractivity contribution is 7.99. The molecular formula is C18H18F2N2O2S. The van der Waals surface area contributed by atoms with Gasteiger partial charge < -0.3 is 4.90 Å². The number of anilines is 1. The standard InChI is InChI=1S/C18H18F2N2O2S/c1-2-25-17-9-16(8-14(10-19)18(17)22(23)24)21-6-5-12-7-15(20)4-3-13(12)11-21/h3-4,7-9H,2,5-6,10-11H2,1H3. The number of nitro groups is 1. The topological polar surface area (TPSA) is 46.4 Å². The molecule has 0 fully saturated rings. The van der Waals surface area contributed by atoms with Crippen molar-refractivity contribution in [3.63, 3.8) is 0 Å². The van der Waals surface area contributed by atoms with Gasteiger partial charge in [0, 0.05) is 18.8 Å². The Hall–Kier alpha value is -2.15. The minimum absolute atomic E-state index is 0.100. The largest absolute Gasteiger partial charge is 0.367 e. The summed E-state index contributed by atoms with van der Waals surface area (Å²) >= 11 is 1.34. The Balaban J connectivity index is 1.98. The van der Waals surface area contributed by atoms with Crippen LogP contribution in [0.5, 0.6) is 0 Å². The van der Waals surface area contributed by atoms with E-state index in [1.54, 1.807) is 24.3 Å². The number of nitrogens with zero attached hydrogens (tertiary/aromatic N) is 2. The maximum absolute atomic E-state index is 13.4. The molecule has 0 aliphatic carbocycles. The highest BCUT2D eigenvalue weighted by atomic mass is 32.2. The molecule has 7 heteroatoms. The van der Waals surface area contributed by atoms with Gasteiger partial charge in [0.1, 0.15) is 12.5 Å². The minimum atomic E-state index is -0.878. The van der Waals surface area contributed by atoms with Gasteiger partial charge in [-0.1, -0.05) is 13.0 Å². The molecule has 1 aliphatic heterocycles. The summed E-state index contributed by atoms with van der Waals surface area (Å²) in [6, 6.07) is 8.07. The highest BCUT2D eigenvalue weighted by Crippen LogP contribution is 2.38. The average Bonchev–Trinajstić information content (AvgIpc) is 2.60. The van der Waals surface area contributed by atoms with Crippen LogP contribution in [0.1, 0.15) is 23.6 Å². The Morgan fingerprint density at radius 2 is 2.08 bits per heavy atom. The predicted molar refractivity (Wildman–Crippen MR) is 95.5 cm³/mol. The van der Waals surface area contributed by atoms with Crippen LogP contribution in [-0.2, 0) is 19.6 Å². The third kappa shape index (κ3) is 3.61. The van der Waals surface area contributed by atoms with Crippen molar-refractivity contribution in [1.82, 2.24) is 0 Å². The molecule has 0 saturated heterocycles. The molecule has 2 aromatic carbocycles. The van der Waals surface area contributed by atoms with Gasteiger partial charge in [-0.15, -0.1) is 11.8 Å². The normalized spacial score (nSPS) is 13.6. The monoisotopic (exact) mass is 364 g/mol. The summed E-state index contributed by atoms with van der Waals surface area (Å²) in [5.74, 6) is 0.418. The molecule has 25 heavy (non-hydrogen) atoms. The van der Waals surface area contributed by atoms with Gasteiger partial charge in [-0.3, -0.25) is 10.1 Å². The lowest BCUT2D eigenvalue weighted by Crippen LogP contribution is -2.30. The Morgan fingerprint density at radius 1 is 1.28 bits per heavy atom. The first kappa shape index (κ1) is 17.7. The van der Waals surface area contributed by atoms with Crippen LogP contribution in [0.15, 0.2) is 35.2 Å². The molecule has 1 heterocycles. The quantitative estimate of drug-likeness (QED) is 0.431. The summed E-state index contributed by atoms with van der Waals surface area (Å²) in [5, 5.41) is 11.3. The predicted octanol–water partition coefficient (Wildman–Crippen LogP) is 4.88. The van der Waals surface area contributed by atoms with E-state index >= 15 is 0 Å². The van der Waals surface area contributed by atoms with Crippen LogP contribution in [0, 0.1) is 15.9 Å². The van der Waals surface area contributed by atoms with Gasteiger partial charge in [-0.2, -0.15) is 0 Å². The molecule has 0 spiro atoms. The number of alkyl halides is 1. The molecule has 132 valence electrons. The third-order valence-electron chi connectivity index (χ3n) is 4.31.